The first-order valence-corrected chi connectivity index (χ1v) is 19.5. The van der Waals surface area contributed by atoms with Crippen molar-refractivity contribution in [1.82, 2.24) is 30.1 Å². The number of aliphatic hydroxyl groups is 1. The number of likely N-dealkylation sites (tertiary alicyclic amines) is 1. The zero-order chi connectivity index (χ0) is 38.7. The lowest BCUT2D eigenvalue weighted by molar-refractivity contribution is -0.163. The molecule has 54 heavy (non-hydrogen) atoms. The number of halogens is 1. The zero-order valence-electron chi connectivity index (χ0n) is 30.9. The fourth-order valence-corrected chi connectivity index (χ4v) is 9.40. The molecule has 10 atom stereocenters. The summed E-state index contributed by atoms with van der Waals surface area (Å²) in [5, 5.41) is 22.3. The van der Waals surface area contributed by atoms with Gasteiger partial charge in [-0.2, -0.15) is 0 Å². The molecule has 3 amide bonds. The molecular formula is C40H49BrN6O7. The maximum absolute atomic E-state index is 15.1. The molecule has 6 rings (SSSR count). The average Bonchev–Trinajstić information content (AvgIpc) is 3.90. The third-order valence-corrected chi connectivity index (χ3v) is 12.1. The number of benzene rings is 2. The fourth-order valence-electron chi connectivity index (χ4n) is 8.46. The predicted octanol–water partition coefficient (Wildman–Crippen LogP) is 4.31. The number of ether oxygens (including phenoxy) is 2. The highest BCUT2D eigenvalue weighted by Crippen LogP contribution is 2.61. The van der Waals surface area contributed by atoms with Crippen LogP contribution in [0.5, 0.6) is 0 Å². The fraction of sp³-hybridized carbons (Fsp3) is 0.500. The van der Waals surface area contributed by atoms with Gasteiger partial charge in [-0.15, -0.1) is 18.3 Å². The molecule has 13 nitrogen and oxygen atoms in total. The van der Waals surface area contributed by atoms with Crippen molar-refractivity contribution in [1.29, 1.82) is 0 Å². The number of fused-ring (bicyclic) bond motifs is 2. The highest BCUT2D eigenvalue weighted by Gasteiger charge is 2.77. The molecule has 3 aliphatic rings. The molecule has 3 aliphatic heterocycles. The zero-order valence-corrected chi connectivity index (χ0v) is 32.5. The van der Waals surface area contributed by atoms with Crippen molar-refractivity contribution in [2.75, 3.05) is 13.2 Å². The highest BCUT2D eigenvalue weighted by molar-refractivity contribution is 9.09. The Morgan fingerprint density at radius 3 is 2.56 bits per heavy atom. The number of esters is 1. The lowest BCUT2D eigenvalue weighted by Gasteiger charge is -2.40. The molecular weight excluding hydrogens is 756 g/mol. The second-order valence-corrected chi connectivity index (χ2v) is 15.7. The third kappa shape index (κ3) is 7.11. The van der Waals surface area contributed by atoms with Gasteiger partial charge in [-0.25, -0.2) is 4.68 Å². The summed E-state index contributed by atoms with van der Waals surface area (Å²) in [6.07, 6.45) is 3.23. The Hall–Kier alpha value is -4.40. The Bertz CT molecular complexity index is 1870. The van der Waals surface area contributed by atoms with E-state index >= 15 is 4.79 Å². The Morgan fingerprint density at radius 1 is 1.15 bits per heavy atom. The van der Waals surface area contributed by atoms with Crippen molar-refractivity contribution in [3.05, 3.63) is 85.5 Å². The molecule has 3 fully saturated rings. The molecule has 288 valence electrons. The number of para-hydroxylation sites is 1. The van der Waals surface area contributed by atoms with Gasteiger partial charge >= 0.3 is 5.97 Å². The van der Waals surface area contributed by atoms with Crippen molar-refractivity contribution in [2.24, 2.45) is 17.8 Å². The van der Waals surface area contributed by atoms with E-state index in [1.807, 2.05) is 68.4 Å². The molecule has 2 aromatic carbocycles. The number of aromatic nitrogens is 3. The molecule has 2 N–H and O–H groups in total. The molecule has 2 bridgehead atoms. The van der Waals surface area contributed by atoms with Crippen molar-refractivity contribution in [3.63, 3.8) is 0 Å². The van der Waals surface area contributed by atoms with Crippen molar-refractivity contribution < 1.29 is 33.8 Å². The van der Waals surface area contributed by atoms with Gasteiger partial charge in [0, 0.05) is 17.8 Å². The van der Waals surface area contributed by atoms with Gasteiger partial charge < -0.3 is 29.7 Å². The molecule has 4 heterocycles. The SMILES string of the molecule is C=CCCC(=O)N[C@H](C)[C@@H](OC(=O)[C@H]1[C@@H]2O[C@@]3(CC2Br)[C@@H]1C(=O)N([C@@H](CO)[C@@H](C)CC)[C@@H]3C(=O)N(CC=C)Cn1nnc2ccccc21)c1ccccc1. The van der Waals surface area contributed by atoms with Gasteiger partial charge in [0.25, 0.3) is 0 Å². The first kappa shape index (κ1) is 39.3. The van der Waals surface area contributed by atoms with Gasteiger partial charge in [0.05, 0.1) is 42.1 Å². The summed E-state index contributed by atoms with van der Waals surface area (Å²) in [6.45, 7) is 13.0. The monoisotopic (exact) mass is 804 g/mol. The van der Waals surface area contributed by atoms with Crippen molar-refractivity contribution >= 4 is 50.7 Å². The van der Waals surface area contributed by atoms with E-state index in [4.69, 9.17) is 9.47 Å². The van der Waals surface area contributed by atoms with E-state index in [1.165, 1.54) is 4.90 Å². The Labute approximate surface area is 323 Å². The number of nitrogens with zero attached hydrogens (tertiary/aromatic N) is 5. The number of carbonyl (C=O) groups excluding carboxylic acids is 4. The van der Waals surface area contributed by atoms with Crippen LogP contribution in [-0.2, 0) is 35.3 Å². The number of alkyl halides is 1. The van der Waals surface area contributed by atoms with Crippen LogP contribution in [0, 0.1) is 17.8 Å². The predicted molar refractivity (Wildman–Crippen MR) is 205 cm³/mol. The van der Waals surface area contributed by atoms with Crippen LogP contribution in [-0.4, -0.2) is 101 Å². The number of allylic oxidation sites excluding steroid dienone is 1. The van der Waals surface area contributed by atoms with Crippen LogP contribution in [0.4, 0.5) is 0 Å². The van der Waals surface area contributed by atoms with E-state index in [-0.39, 0.29) is 42.7 Å². The molecule has 0 aliphatic carbocycles. The number of hydrogen-bond donors (Lipinski definition) is 2. The minimum Gasteiger partial charge on any atom is -0.455 e. The standard InChI is InChI=1S/C40H49BrN6O7/c1-6-9-19-31(49)42-25(5)34(26-15-11-10-12-16-26)53-39(52)32-33-37(50)47(30(22-48)24(4)8-3)36(40(33)21-27(41)35(32)54-40)38(51)45(20-7-2)23-46-29-18-14-13-17-28(29)43-44-46/h6-7,10-18,24-25,27,30,32-36,48H,1-2,8-9,19-23H2,3-5H3,(H,42,49)/t24-,25+,27?,30-,32+,33-,34+,35+,36+,40-/m0/s1. The quantitative estimate of drug-likeness (QED) is 0.115. The number of hydrogen-bond acceptors (Lipinski definition) is 9. The first-order valence-electron chi connectivity index (χ1n) is 18.6. The maximum Gasteiger partial charge on any atom is 0.313 e. The number of nitrogens with one attached hydrogen (secondary N) is 1. The summed E-state index contributed by atoms with van der Waals surface area (Å²) >= 11 is 3.75. The molecule has 1 spiro atoms. The van der Waals surface area contributed by atoms with Gasteiger partial charge in [0.15, 0.2) is 0 Å². The lowest BCUT2D eigenvalue weighted by Crippen LogP contribution is -2.60. The minimum absolute atomic E-state index is 0.0135. The number of carbonyl (C=O) groups is 4. The maximum atomic E-state index is 15.1. The van der Waals surface area contributed by atoms with Crippen LogP contribution in [0.2, 0.25) is 0 Å². The first-order chi connectivity index (χ1) is 26.0. The van der Waals surface area contributed by atoms with Gasteiger partial charge in [0.2, 0.25) is 17.7 Å². The van der Waals surface area contributed by atoms with Crippen LogP contribution in [0.1, 0.15) is 58.1 Å². The molecule has 0 saturated carbocycles. The van der Waals surface area contributed by atoms with Gasteiger partial charge in [-0.3, -0.25) is 19.2 Å². The van der Waals surface area contributed by atoms with E-state index in [0.29, 0.717) is 23.9 Å². The third-order valence-electron chi connectivity index (χ3n) is 11.3. The Balaban J connectivity index is 1.37. The summed E-state index contributed by atoms with van der Waals surface area (Å²) in [7, 11) is 0. The topological polar surface area (TPSA) is 156 Å². The largest absolute Gasteiger partial charge is 0.455 e. The van der Waals surface area contributed by atoms with Gasteiger partial charge in [0.1, 0.15) is 29.9 Å². The Morgan fingerprint density at radius 2 is 1.87 bits per heavy atom. The van der Waals surface area contributed by atoms with E-state index in [2.05, 4.69) is 44.7 Å². The molecule has 1 aromatic heterocycles. The van der Waals surface area contributed by atoms with E-state index in [0.717, 1.165) is 5.52 Å². The summed E-state index contributed by atoms with van der Waals surface area (Å²) in [6, 6.07) is 14.0. The smallest absolute Gasteiger partial charge is 0.313 e. The minimum atomic E-state index is -1.41. The molecule has 3 aromatic rings. The van der Waals surface area contributed by atoms with Gasteiger partial charge in [-0.05, 0) is 43.4 Å². The number of rotatable bonds is 17. The molecule has 0 radical (unpaired) electrons. The lowest BCUT2D eigenvalue weighted by atomic mass is 9.70. The summed E-state index contributed by atoms with van der Waals surface area (Å²) in [4.78, 5) is 60.1. The molecule has 14 heteroatoms. The van der Waals surface area contributed by atoms with Crippen LogP contribution in [0.3, 0.4) is 0 Å². The van der Waals surface area contributed by atoms with Crippen LogP contribution >= 0.6 is 15.9 Å². The summed E-state index contributed by atoms with van der Waals surface area (Å²) < 4.78 is 14.7. The summed E-state index contributed by atoms with van der Waals surface area (Å²) in [5.74, 6) is -4.07. The van der Waals surface area contributed by atoms with Crippen LogP contribution < -0.4 is 5.32 Å². The van der Waals surface area contributed by atoms with Crippen LogP contribution in [0.25, 0.3) is 11.0 Å². The molecule has 3 saturated heterocycles. The van der Waals surface area contributed by atoms with Gasteiger partial charge in [-0.1, -0.05) is 96.0 Å². The Kier molecular flexibility index (Phi) is 12.0. The van der Waals surface area contributed by atoms with Crippen molar-refractivity contribution in [3.8, 4) is 0 Å². The van der Waals surface area contributed by atoms with E-state index < -0.39 is 72.2 Å². The highest BCUT2D eigenvalue weighted by atomic mass is 79.9. The second-order valence-electron chi connectivity index (χ2n) is 14.6. The van der Waals surface area contributed by atoms with Crippen LogP contribution in [0.15, 0.2) is 79.9 Å². The van der Waals surface area contributed by atoms with E-state index in [1.54, 1.807) is 28.7 Å². The van der Waals surface area contributed by atoms with Crippen molar-refractivity contribution in [2.45, 2.75) is 93.9 Å². The normalized spacial score (nSPS) is 26.5. The average molecular weight is 806 g/mol. The number of aliphatic hydroxyl groups excluding tert-OH is 1. The second kappa shape index (κ2) is 16.5. The summed E-state index contributed by atoms with van der Waals surface area (Å²) in [5.41, 5.74) is 0.649. The van der Waals surface area contributed by atoms with E-state index in [9.17, 15) is 19.5 Å². The number of amides is 3. The molecule has 1 unspecified atom stereocenters.